The molecule has 2 aliphatic heterocycles. The monoisotopic (exact) mass is 258 g/mol. The number of rotatable bonds is 3. The quantitative estimate of drug-likeness (QED) is 0.896. The van der Waals surface area contributed by atoms with Crippen molar-refractivity contribution in [1.82, 2.24) is 5.32 Å². The van der Waals surface area contributed by atoms with Gasteiger partial charge in [-0.2, -0.15) is 5.26 Å². The number of nitrogens with one attached hydrogen (secondary N) is 1. The summed E-state index contributed by atoms with van der Waals surface area (Å²) in [5.74, 6) is 0. The third-order valence-corrected chi connectivity index (χ3v) is 3.66. The minimum Gasteiger partial charge on any atom is -0.445 e. The fourth-order valence-corrected chi connectivity index (χ4v) is 2.73. The summed E-state index contributed by atoms with van der Waals surface area (Å²) in [6.45, 7) is 0.633. The first kappa shape index (κ1) is 12.0. The number of nitrogens with zero attached hydrogens (tertiary/aromatic N) is 1. The Hall–Kier alpha value is -2.06. The molecule has 4 rings (SSSR count). The molecule has 1 N–H and O–H groups in total. The van der Waals surface area contributed by atoms with Gasteiger partial charge >= 0.3 is 6.09 Å². The fourth-order valence-electron chi connectivity index (χ4n) is 2.73. The minimum absolute atomic E-state index is 0.243. The first-order chi connectivity index (χ1) is 9.15. The van der Waals surface area contributed by atoms with Crippen LogP contribution in [0.2, 0.25) is 0 Å². The van der Waals surface area contributed by atoms with Crippen LogP contribution < -0.4 is 5.32 Å². The number of hydrogen-bond donors (Lipinski definition) is 1. The van der Waals surface area contributed by atoms with E-state index in [2.05, 4.69) is 11.4 Å². The molecule has 1 aromatic rings. The summed E-state index contributed by atoms with van der Waals surface area (Å²) in [5, 5.41) is 11.8. The maximum absolute atomic E-state index is 11.7. The molecular weight excluding hydrogens is 244 g/mol. The number of benzene rings is 1. The summed E-state index contributed by atoms with van der Waals surface area (Å²) in [5.41, 5.74) is -0.131. The molecule has 1 aliphatic carbocycles. The normalized spacial score (nSPS) is 31.1. The molecule has 0 aromatic heterocycles. The van der Waals surface area contributed by atoms with E-state index in [1.165, 1.54) is 0 Å². The number of carbonyl (C=O) groups is 1. The summed E-state index contributed by atoms with van der Waals surface area (Å²) in [6.07, 6.45) is 0.648. The average Bonchev–Trinajstić information content (AvgIpc) is 2.93. The van der Waals surface area contributed by atoms with Crippen LogP contribution in [-0.2, 0) is 16.1 Å². The highest BCUT2D eigenvalue weighted by Crippen LogP contribution is 2.51. The molecule has 0 atom stereocenters. The van der Waals surface area contributed by atoms with Gasteiger partial charge in [-0.3, -0.25) is 0 Å². The lowest BCUT2D eigenvalue weighted by atomic mass is 9.69. The second-order valence-corrected chi connectivity index (χ2v) is 5.22. The number of alkyl carbamates (subject to hydrolysis) is 1. The van der Waals surface area contributed by atoms with Crippen LogP contribution in [0, 0.1) is 11.3 Å². The summed E-state index contributed by atoms with van der Waals surface area (Å²) in [7, 11) is 0. The molecule has 98 valence electrons. The van der Waals surface area contributed by atoms with Gasteiger partial charge in [0.15, 0.2) is 5.60 Å². The Balaban J connectivity index is 1.50. The van der Waals surface area contributed by atoms with Crippen LogP contribution in [-0.4, -0.2) is 23.8 Å². The first-order valence-electron chi connectivity index (χ1n) is 6.20. The second kappa shape index (κ2) is 4.25. The SMILES string of the molecule is N#CC12CC(NC(=O)OCc3ccccc3)(CO1)C2. The van der Waals surface area contributed by atoms with E-state index in [0.29, 0.717) is 19.4 Å². The third kappa shape index (κ3) is 2.15. The maximum atomic E-state index is 11.7. The van der Waals surface area contributed by atoms with Crippen molar-refractivity contribution in [2.45, 2.75) is 30.6 Å². The molecule has 3 aliphatic rings. The molecule has 2 bridgehead atoms. The molecule has 3 fully saturated rings. The molecule has 0 unspecified atom stereocenters. The van der Waals surface area contributed by atoms with Gasteiger partial charge < -0.3 is 14.8 Å². The summed E-state index contributed by atoms with van der Waals surface area (Å²) in [6, 6.07) is 11.6. The Kier molecular flexibility index (Phi) is 2.68. The standard InChI is InChI=1S/C14H14N2O3/c15-9-14-7-13(8-14,10-19-14)16-12(17)18-6-11-4-2-1-3-5-11/h1-5H,6-8,10H2,(H,16,17). The number of ether oxygens (including phenoxy) is 2. The molecule has 1 saturated carbocycles. The molecule has 1 aromatic carbocycles. The molecule has 5 heteroatoms. The fraction of sp³-hybridized carbons (Fsp3) is 0.429. The van der Waals surface area contributed by atoms with E-state index in [1.807, 2.05) is 30.3 Å². The van der Waals surface area contributed by atoms with Crippen molar-refractivity contribution in [3.8, 4) is 6.07 Å². The van der Waals surface area contributed by atoms with Crippen molar-refractivity contribution in [2.24, 2.45) is 0 Å². The van der Waals surface area contributed by atoms with Gasteiger partial charge in [-0.25, -0.2) is 4.79 Å². The van der Waals surface area contributed by atoms with Gasteiger partial charge in [0.2, 0.25) is 0 Å². The second-order valence-electron chi connectivity index (χ2n) is 5.22. The summed E-state index contributed by atoms with van der Waals surface area (Å²) >= 11 is 0. The lowest BCUT2D eigenvalue weighted by Gasteiger charge is -2.39. The van der Waals surface area contributed by atoms with Crippen molar-refractivity contribution < 1.29 is 14.3 Å². The first-order valence-corrected chi connectivity index (χ1v) is 6.20. The van der Waals surface area contributed by atoms with Gasteiger partial charge in [0.1, 0.15) is 6.61 Å². The van der Waals surface area contributed by atoms with Crippen LogP contribution in [0.3, 0.4) is 0 Å². The maximum Gasteiger partial charge on any atom is 0.407 e. The van der Waals surface area contributed by atoms with Gasteiger partial charge in [-0.05, 0) is 5.56 Å². The number of nitriles is 1. The van der Waals surface area contributed by atoms with E-state index in [1.54, 1.807) is 0 Å². The van der Waals surface area contributed by atoms with Crippen LogP contribution in [0.1, 0.15) is 18.4 Å². The Bertz CT molecular complexity index is 529. The zero-order valence-electron chi connectivity index (χ0n) is 10.4. The highest BCUT2D eigenvalue weighted by Gasteiger charge is 2.64. The smallest absolute Gasteiger partial charge is 0.407 e. The summed E-state index contributed by atoms with van der Waals surface area (Å²) < 4.78 is 10.6. The van der Waals surface area contributed by atoms with Crippen molar-refractivity contribution >= 4 is 6.09 Å². The van der Waals surface area contributed by atoms with Crippen LogP contribution in [0.25, 0.3) is 0 Å². The van der Waals surface area contributed by atoms with E-state index < -0.39 is 17.2 Å². The molecule has 0 radical (unpaired) electrons. The molecule has 19 heavy (non-hydrogen) atoms. The number of fused-ring (bicyclic) bond motifs is 1. The average molecular weight is 258 g/mol. The van der Waals surface area contributed by atoms with E-state index in [0.717, 1.165) is 5.56 Å². The van der Waals surface area contributed by atoms with Crippen molar-refractivity contribution in [1.29, 1.82) is 5.26 Å². The Morgan fingerprint density at radius 2 is 2.16 bits per heavy atom. The lowest BCUT2D eigenvalue weighted by Crippen LogP contribution is -2.59. The highest BCUT2D eigenvalue weighted by atomic mass is 16.6. The van der Waals surface area contributed by atoms with E-state index in [-0.39, 0.29) is 6.61 Å². The molecule has 0 spiro atoms. The largest absolute Gasteiger partial charge is 0.445 e. The summed E-state index contributed by atoms with van der Waals surface area (Å²) in [4.78, 5) is 11.7. The van der Waals surface area contributed by atoms with E-state index >= 15 is 0 Å². The zero-order valence-corrected chi connectivity index (χ0v) is 10.4. The van der Waals surface area contributed by atoms with E-state index in [4.69, 9.17) is 14.7 Å². The molecule has 2 heterocycles. The van der Waals surface area contributed by atoms with Crippen molar-refractivity contribution in [2.75, 3.05) is 6.61 Å². The minimum atomic E-state index is -0.674. The van der Waals surface area contributed by atoms with Gasteiger partial charge in [0.25, 0.3) is 0 Å². The zero-order chi connectivity index (χ0) is 13.3. The van der Waals surface area contributed by atoms with Gasteiger partial charge in [0, 0.05) is 12.8 Å². The van der Waals surface area contributed by atoms with E-state index in [9.17, 15) is 4.79 Å². The topological polar surface area (TPSA) is 71.4 Å². The Morgan fingerprint density at radius 3 is 2.79 bits per heavy atom. The number of hydrogen-bond acceptors (Lipinski definition) is 4. The molecule has 2 saturated heterocycles. The lowest BCUT2D eigenvalue weighted by molar-refractivity contribution is 0.0469. The van der Waals surface area contributed by atoms with Crippen LogP contribution in [0.5, 0.6) is 0 Å². The predicted octanol–water partition coefficient (Wildman–Crippen LogP) is 1.74. The number of amides is 1. The highest BCUT2D eigenvalue weighted by molar-refractivity contribution is 5.69. The van der Waals surface area contributed by atoms with Crippen molar-refractivity contribution in [3.63, 3.8) is 0 Å². The van der Waals surface area contributed by atoms with Crippen LogP contribution >= 0.6 is 0 Å². The van der Waals surface area contributed by atoms with Crippen molar-refractivity contribution in [3.05, 3.63) is 35.9 Å². The molecule has 1 amide bonds. The third-order valence-electron chi connectivity index (χ3n) is 3.66. The van der Waals surface area contributed by atoms with Gasteiger partial charge in [-0.1, -0.05) is 30.3 Å². The Labute approximate surface area is 111 Å². The van der Waals surface area contributed by atoms with Gasteiger partial charge in [0.05, 0.1) is 18.2 Å². The molecular formula is C14H14N2O3. The van der Waals surface area contributed by atoms with Crippen LogP contribution in [0.15, 0.2) is 30.3 Å². The predicted molar refractivity (Wildman–Crippen MR) is 66.0 cm³/mol. The number of carbonyl (C=O) groups excluding carboxylic acids is 1. The molecule has 5 nitrogen and oxygen atoms in total. The van der Waals surface area contributed by atoms with Crippen LogP contribution in [0.4, 0.5) is 4.79 Å². The van der Waals surface area contributed by atoms with Gasteiger partial charge in [-0.15, -0.1) is 0 Å². The Morgan fingerprint density at radius 1 is 1.42 bits per heavy atom.